The third-order valence-corrected chi connectivity index (χ3v) is 1.73. The van der Waals surface area contributed by atoms with Crippen molar-refractivity contribution in [1.29, 1.82) is 0 Å². The summed E-state index contributed by atoms with van der Waals surface area (Å²) in [5.41, 5.74) is -0.883. The Kier molecular flexibility index (Phi) is 4.49. The van der Waals surface area contributed by atoms with Gasteiger partial charge in [-0.25, -0.2) is 4.57 Å². The van der Waals surface area contributed by atoms with Gasteiger partial charge < -0.3 is 9.79 Å². The first-order valence-corrected chi connectivity index (χ1v) is 4.80. The molecule has 0 saturated carbocycles. The van der Waals surface area contributed by atoms with Crippen molar-refractivity contribution >= 4 is 19.4 Å². The number of halogens is 1. The van der Waals surface area contributed by atoms with Crippen LogP contribution in [-0.2, 0) is 9.09 Å². The second-order valence-electron chi connectivity index (χ2n) is 1.79. The summed E-state index contributed by atoms with van der Waals surface area (Å²) in [6, 6.07) is 0. The second kappa shape index (κ2) is 4.31. The Morgan fingerprint density at radius 3 is 2.50 bits per heavy atom. The van der Waals surface area contributed by atoms with Crippen molar-refractivity contribution in [2.75, 3.05) is 0 Å². The highest BCUT2D eigenvalue weighted by Gasteiger charge is 2.19. The van der Waals surface area contributed by atoms with Crippen molar-refractivity contribution in [3.63, 3.8) is 0 Å². The number of alkyl halides is 1. The predicted molar refractivity (Wildman–Crippen MR) is 37.7 cm³/mol. The topological polar surface area (TPSA) is 66.8 Å². The zero-order chi connectivity index (χ0) is 8.20. The summed E-state index contributed by atoms with van der Waals surface area (Å²) < 4.78 is 14.2. The van der Waals surface area contributed by atoms with Gasteiger partial charge in [0.25, 0.3) is 0 Å². The zero-order valence-electron chi connectivity index (χ0n) is 5.53. The number of rotatable bonds is 4. The molecule has 0 radical (unpaired) electrons. The molecule has 6 heteroatoms. The van der Waals surface area contributed by atoms with Gasteiger partial charge in [-0.15, -0.1) is 0 Å². The molecule has 0 saturated heterocycles. The molecule has 0 heterocycles. The van der Waals surface area contributed by atoms with E-state index in [1.807, 2.05) is 6.92 Å². The largest absolute Gasteiger partial charge is 0.471 e. The van der Waals surface area contributed by atoms with Crippen molar-refractivity contribution in [3.05, 3.63) is 0 Å². The van der Waals surface area contributed by atoms with Crippen LogP contribution in [0, 0.1) is 0 Å². The molecule has 0 amide bonds. The minimum atomic E-state index is -4.38. The molecule has 0 bridgehead atoms. The summed E-state index contributed by atoms with van der Waals surface area (Å²) in [5.74, 6) is 0. The minimum Gasteiger partial charge on any atom is -0.303 e. The van der Waals surface area contributed by atoms with E-state index in [1.54, 1.807) is 0 Å². The third-order valence-electron chi connectivity index (χ3n) is 0.767. The van der Waals surface area contributed by atoms with Gasteiger partial charge in [0, 0.05) is 0 Å². The van der Waals surface area contributed by atoms with Gasteiger partial charge in [-0.05, 0) is 6.42 Å². The Morgan fingerprint density at radius 2 is 2.20 bits per heavy atom. The van der Waals surface area contributed by atoms with Gasteiger partial charge in [-0.3, -0.25) is 4.52 Å². The Labute approximate surface area is 64.4 Å². The molecule has 0 aromatic heterocycles. The fourth-order valence-electron chi connectivity index (χ4n) is 0.429. The van der Waals surface area contributed by atoms with Gasteiger partial charge in [-0.1, -0.05) is 24.9 Å². The maximum atomic E-state index is 10.1. The van der Waals surface area contributed by atoms with E-state index in [1.165, 1.54) is 0 Å². The predicted octanol–water partition coefficient (Wildman–Crippen LogP) is 1.46. The lowest BCUT2D eigenvalue weighted by Gasteiger charge is -2.09. The standard InChI is InChI=1S/C4H10ClO4P/c1-2-3-4(5)9-10(6,7)8/h4H,2-3H2,1H3,(H2,6,7,8). The smallest absolute Gasteiger partial charge is 0.303 e. The normalized spacial score (nSPS) is 15.2. The third kappa shape index (κ3) is 6.52. The van der Waals surface area contributed by atoms with Crippen LogP contribution in [0.4, 0.5) is 0 Å². The number of hydrogen-bond donors (Lipinski definition) is 2. The molecule has 1 atom stereocenters. The number of hydrogen-bond acceptors (Lipinski definition) is 2. The van der Waals surface area contributed by atoms with Crippen LogP contribution in [0.2, 0.25) is 0 Å². The molecule has 0 aliphatic heterocycles. The molecule has 0 fully saturated rings. The Balaban J connectivity index is 3.58. The van der Waals surface area contributed by atoms with E-state index in [-0.39, 0.29) is 0 Å². The van der Waals surface area contributed by atoms with E-state index in [2.05, 4.69) is 4.52 Å². The molecular formula is C4H10ClO4P. The highest BCUT2D eigenvalue weighted by atomic mass is 35.5. The summed E-state index contributed by atoms with van der Waals surface area (Å²) in [7, 11) is -4.38. The quantitative estimate of drug-likeness (QED) is 0.518. The average molecular weight is 189 g/mol. The molecule has 2 N–H and O–H groups in total. The van der Waals surface area contributed by atoms with E-state index >= 15 is 0 Å². The molecule has 1 unspecified atom stereocenters. The molecule has 0 spiro atoms. The van der Waals surface area contributed by atoms with E-state index in [0.29, 0.717) is 6.42 Å². The second-order valence-corrected chi connectivity index (χ2v) is 3.47. The van der Waals surface area contributed by atoms with Crippen LogP contribution < -0.4 is 0 Å². The van der Waals surface area contributed by atoms with Crippen molar-refractivity contribution in [1.82, 2.24) is 0 Å². The summed E-state index contributed by atoms with van der Waals surface area (Å²) in [5, 5.41) is 0. The zero-order valence-corrected chi connectivity index (χ0v) is 7.18. The van der Waals surface area contributed by atoms with E-state index in [9.17, 15) is 4.57 Å². The maximum Gasteiger partial charge on any atom is 0.471 e. The SMILES string of the molecule is CCCC(Cl)OP(=O)(O)O. The summed E-state index contributed by atoms with van der Waals surface area (Å²) in [4.78, 5) is 16.4. The first-order chi connectivity index (χ1) is 4.45. The van der Waals surface area contributed by atoms with Crippen molar-refractivity contribution < 1.29 is 18.9 Å². The Morgan fingerprint density at radius 1 is 1.70 bits per heavy atom. The summed E-state index contributed by atoms with van der Waals surface area (Å²) in [6.45, 7) is 1.85. The lowest BCUT2D eigenvalue weighted by molar-refractivity contribution is 0.173. The first kappa shape index (κ1) is 10.4. The van der Waals surface area contributed by atoms with Gasteiger partial charge >= 0.3 is 7.82 Å². The van der Waals surface area contributed by atoms with Crippen molar-refractivity contribution in [2.45, 2.75) is 25.3 Å². The molecule has 0 aliphatic rings. The maximum absolute atomic E-state index is 10.1. The van der Waals surface area contributed by atoms with E-state index in [0.717, 1.165) is 6.42 Å². The van der Waals surface area contributed by atoms with Crippen molar-refractivity contribution in [2.24, 2.45) is 0 Å². The van der Waals surface area contributed by atoms with Crippen LogP contribution in [0.15, 0.2) is 0 Å². The lowest BCUT2D eigenvalue weighted by Crippen LogP contribution is -2.01. The average Bonchev–Trinajstić information content (AvgIpc) is 1.59. The van der Waals surface area contributed by atoms with E-state index < -0.39 is 13.4 Å². The van der Waals surface area contributed by atoms with Crippen LogP contribution in [0.3, 0.4) is 0 Å². The van der Waals surface area contributed by atoms with E-state index in [4.69, 9.17) is 21.4 Å². The van der Waals surface area contributed by atoms with Crippen LogP contribution >= 0.6 is 19.4 Å². The highest BCUT2D eigenvalue weighted by Crippen LogP contribution is 2.39. The van der Waals surface area contributed by atoms with Gasteiger partial charge in [0.2, 0.25) is 0 Å². The Bertz CT molecular complexity index is 133. The summed E-state index contributed by atoms with van der Waals surface area (Å²) in [6.07, 6.45) is 1.17. The van der Waals surface area contributed by atoms with Crippen molar-refractivity contribution in [3.8, 4) is 0 Å². The first-order valence-electron chi connectivity index (χ1n) is 2.83. The highest BCUT2D eigenvalue weighted by molar-refractivity contribution is 7.46. The molecule has 10 heavy (non-hydrogen) atoms. The molecular weight excluding hydrogens is 178 g/mol. The van der Waals surface area contributed by atoms with Gasteiger partial charge in [0.1, 0.15) is 5.56 Å². The van der Waals surface area contributed by atoms with Crippen LogP contribution in [-0.4, -0.2) is 15.3 Å². The lowest BCUT2D eigenvalue weighted by atomic mass is 10.4. The Hall–Kier alpha value is 0.400. The van der Waals surface area contributed by atoms with Gasteiger partial charge in [0.05, 0.1) is 0 Å². The molecule has 62 valence electrons. The van der Waals surface area contributed by atoms with Gasteiger partial charge in [0.15, 0.2) is 0 Å². The molecule has 0 aromatic carbocycles. The van der Waals surface area contributed by atoms with Crippen LogP contribution in [0.1, 0.15) is 19.8 Å². The summed E-state index contributed by atoms with van der Waals surface area (Å²) >= 11 is 5.35. The molecule has 0 aromatic rings. The number of phosphoric acid groups is 1. The fourth-order valence-corrected chi connectivity index (χ4v) is 1.36. The van der Waals surface area contributed by atoms with Gasteiger partial charge in [-0.2, -0.15) is 0 Å². The fraction of sp³-hybridized carbons (Fsp3) is 1.00. The molecule has 4 nitrogen and oxygen atoms in total. The molecule has 0 rings (SSSR count). The van der Waals surface area contributed by atoms with Crippen LogP contribution in [0.5, 0.6) is 0 Å². The van der Waals surface area contributed by atoms with Crippen LogP contribution in [0.25, 0.3) is 0 Å². The minimum absolute atomic E-state index is 0.437. The monoisotopic (exact) mass is 188 g/mol. The molecule has 0 aliphatic carbocycles. The number of phosphoric ester groups is 1.